The second kappa shape index (κ2) is 9.20. The molecule has 1 saturated carbocycles. The molecule has 3 atom stereocenters. The van der Waals surface area contributed by atoms with E-state index in [9.17, 15) is 14.4 Å². The Labute approximate surface area is 184 Å². The first kappa shape index (κ1) is 20.9. The molecule has 4 rings (SSSR count). The number of benzene rings is 1. The molecule has 1 aromatic carbocycles. The maximum absolute atomic E-state index is 12.7. The average molecular weight is 475 g/mol. The van der Waals surface area contributed by atoms with E-state index in [-0.39, 0.29) is 36.3 Å². The molecule has 30 heavy (non-hydrogen) atoms. The summed E-state index contributed by atoms with van der Waals surface area (Å²) in [7, 11) is 0. The van der Waals surface area contributed by atoms with E-state index >= 15 is 0 Å². The molecule has 2 aromatic rings. The molecule has 8 heteroatoms. The van der Waals surface area contributed by atoms with Gasteiger partial charge in [-0.25, -0.2) is 4.79 Å². The SMILES string of the molecule is O=C(CCCN1C(=O)NC2CCC(Br)CC2C1=O)NCCc1c[nH]c2ccccc12. The fraction of sp³-hybridized carbons (Fsp3) is 0.500. The van der Waals surface area contributed by atoms with Gasteiger partial charge in [0.15, 0.2) is 0 Å². The van der Waals surface area contributed by atoms with Gasteiger partial charge >= 0.3 is 6.03 Å². The van der Waals surface area contributed by atoms with Gasteiger partial charge in [-0.2, -0.15) is 0 Å². The largest absolute Gasteiger partial charge is 0.361 e. The third kappa shape index (κ3) is 4.53. The number of urea groups is 1. The predicted octanol–water partition coefficient (Wildman–Crippen LogP) is 3.09. The normalized spacial score (nSPS) is 23.9. The number of imide groups is 1. The molecule has 3 unspecified atom stereocenters. The lowest BCUT2D eigenvalue weighted by atomic mass is 9.82. The summed E-state index contributed by atoms with van der Waals surface area (Å²) in [6, 6.07) is 7.71. The fourth-order valence-corrected chi connectivity index (χ4v) is 5.14. The van der Waals surface area contributed by atoms with E-state index in [1.165, 1.54) is 15.8 Å². The monoisotopic (exact) mass is 474 g/mol. The Morgan fingerprint density at radius 3 is 2.93 bits per heavy atom. The van der Waals surface area contributed by atoms with Crippen LogP contribution in [0.2, 0.25) is 0 Å². The highest BCUT2D eigenvalue weighted by molar-refractivity contribution is 9.09. The zero-order chi connectivity index (χ0) is 21.1. The topological polar surface area (TPSA) is 94.3 Å². The number of rotatable bonds is 7. The maximum Gasteiger partial charge on any atom is 0.324 e. The van der Waals surface area contributed by atoms with E-state index in [2.05, 4.69) is 37.6 Å². The van der Waals surface area contributed by atoms with Gasteiger partial charge in [0.25, 0.3) is 0 Å². The summed E-state index contributed by atoms with van der Waals surface area (Å²) in [5.41, 5.74) is 2.27. The van der Waals surface area contributed by atoms with E-state index in [0.717, 1.165) is 31.2 Å². The van der Waals surface area contributed by atoms with Gasteiger partial charge in [0.2, 0.25) is 11.8 Å². The molecule has 2 aliphatic rings. The second-order valence-electron chi connectivity index (χ2n) is 8.13. The molecular formula is C22H27BrN4O3. The first-order chi connectivity index (χ1) is 14.5. The number of para-hydroxylation sites is 1. The lowest BCUT2D eigenvalue weighted by molar-refractivity contribution is -0.136. The van der Waals surface area contributed by atoms with Gasteiger partial charge in [0, 0.05) is 47.5 Å². The molecule has 1 saturated heterocycles. The molecular weight excluding hydrogens is 448 g/mol. The maximum atomic E-state index is 12.7. The highest BCUT2D eigenvalue weighted by Gasteiger charge is 2.43. The van der Waals surface area contributed by atoms with Crippen molar-refractivity contribution in [1.82, 2.24) is 20.5 Å². The van der Waals surface area contributed by atoms with Crippen LogP contribution in [-0.4, -0.2) is 51.7 Å². The van der Waals surface area contributed by atoms with E-state index in [0.29, 0.717) is 24.2 Å². The summed E-state index contributed by atoms with van der Waals surface area (Å²) >= 11 is 3.60. The molecule has 1 aliphatic carbocycles. The smallest absolute Gasteiger partial charge is 0.324 e. The number of aromatic nitrogens is 1. The standard InChI is InChI=1S/C22H27BrN4O3/c23-15-7-8-19-17(12-15)21(29)27(22(30)26-19)11-3-6-20(28)24-10-9-14-13-25-18-5-2-1-4-16(14)18/h1-2,4-5,13,15,17,19,25H,3,6-12H2,(H,24,28)(H,26,30). The van der Waals surface area contributed by atoms with Gasteiger partial charge in [0.05, 0.1) is 5.92 Å². The Balaban J connectivity index is 1.20. The molecule has 7 nitrogen and oxygen atoms in total. The lowest BCUT2D eigenvalue weighted by Gasteiger charge is -2.41. The van der Waals surface area contributed by atoms with Crippen LogP contribution in [0.4, 0.5) is 4.79 Å². The van der Waals surface area contributed by atoms with Crippen LogP contribution >= 0.6 is 15.9 Å². The van der Waals surface area contributed by atoms with Gasteiger partial charge in [-0.3, -0.25) is 14.5 Å². The van der Waals surface area contributed by atoms with Crippen LogP contribution in [0.1, 0.15) is 37.7 Å². The molecule has 4 amide bonds. The number of carbonyl (C=O) groups is 3. The van der Waals surface area contributed by atoms with Crippen molar-refractivity contribution in [1.29, 1.82) is 0 Å². The van der Waals surface area contributed by atoms with Gasteiger partial charge in [-0.05, 0) is 43.7 Å². The van der Waals surface area contributed by atoms with E-state index < -0.39 is 0 Å². The summed E-state index contributed by atoms with van der Waals surface area (Å²) in [6.45, 7) is 0.830. The molecule has 160 valence electrons. The number of halogens is 1. The summed E-state index contributed by atoms with van der Waals surface area (Å²) in [6.07, 6.45) is 6.02. The second-order valence-corrected chi connectivity index (χ2v) is 9.42. The summed E-state index contributed by atoms with van der Waals surface area (Å²) in [5, 5.41) is 7.07. The van der Waals surface area contributed by atoms with Crippen molar-refractivity contribution in [2.24, 2.45) is 5.92 Å². The van der Waals surface area contributed by atoms with Crippen molar-refractivity contribution in [2.45, 2.75) is 49.4 Å². The van der Waals surface area contributed by atoms with Crippen LogP contribution < -0.4 is 10.6 Å². The summed E-state index contributed by atoms with van der Waals surface area (Å²) in [5.74, 6) is -0.325. The van der Waals surface area contributed by atoms with Crippen LogP contribution in [0.25, 0.3) is 10.9 Å². The number of carbonyl (C=O) groups excluding carboxylic acids is 3. The number of H-pyrrole nitrogens is 1. The molecule has 2 heterocycles. The summed E-state index contributed by atoms with van der Waals surface area (Å²) in [4.78, 5) is 42.1. The molecule has 0 radical (unpaired) electrons. The quantitative estimate of drug-likeness (QED) is 0.538. The number of fused-ring (bicyclic) bond motifs is 2. The van der Waals surface area contributed by atoms with Crippen molar-refractivity contribution in [2.75, 3.05) is 13.1 Å². The van der Waals surface area contributed by atoms with E-state index in [1.807, 2.05) is 24.4 Å². The number of aromatic amines is 1. The van der Waals surface area contributed by atoms with Crippen molar-refractivity contribution in [3.63, 3.8) is 0 Å². The van der Waals surface area contributed by atoms with Crippen LogP contribution in [0.5, 0.6) is 0 Å². The zero-order valence-electron chi connectivity index (χ0n) is 16.8. The zero-order valence-corrected chi connectivity index (χ0v) is 18.4. The third-order valence-corrected chi connectivity index (χ3v) is 6.93. The van der Waals surface area contributed by atoms with Crippen LogP contribution in [-0.2, 0) is 16.0 Å². The predicted molar refractivity (Wildman–Crippen MR) is 118 cm³/mol. The minimum Gasteiger partial charge on any atom is -0.361 e. The van der Waals surface area contributed by atoms with Crippen molar-refractivity contribution < 1.29 is 14.4 Å². The number of nitrogens with zero attached hydrogens (tertiary/aromatic N) is 1. The molecule has 0 bridgehead atoms. The van der Waals surface area contributed by atoms with Crippen LogP contribution in [0.15, 0.2) is 30.5 Å². The van der Waals surface area contributed by atoms with Crippen LogP contribution in [0.3, 0.4) is 0 Å². The Kier molecular flexibility index (Phi) is 6.41. The Bertz CT molecular complexity index is 943. The average Bonchev–Trinajstić information content (AvgIpc) is 3.14. The van der Waals surface area contributed by atoms with E-state index in [4.69, 9.17) is 0 Å². The lowest BCUT2D eigenvalue weighted by Crippen LogP contribution is -2.61. The van der Waals surface area contributed by atoms with Crippen LogP contribution in [0, 0.1) is 5.92 Å². The number of nitrogens with one attached hydrogen (secondary N) is 3. The number of hydrogen-bond donors (Lipinski definition) is 3. The van der Waals surface area contributed by atoms with Gasteiger partial charge in [0.1, 0.15) is 0 Å². The minimum absolute atomic E-state index is 0.0529. The van der Waals surface area contributed by atoms with Gasteiger partial charge in [-0.1, -0.05) is 34.1 Å². The Morgan fingerprint density at radius 2 is 2.07 bits per heavy atom. The Hall–Kier alpha value is -2.35. The molecule has 2 fully saturated rings. The van der Waals surface area contributed by atoms with E-state index in [1.54, 1.807) is 0 Å². The van der Waals surface area contributed by atoms with Gasteiger partial charge < -0.3 is 15.6 Å². The van der Waals surface area contributed by atoms with Crippen molar-refractivity contribution in [3.8, 4) is 0 Å². The van der Waals surface area contributed by atoms with Crippen molar-refractivity contribution in [3.05, 3.63) is 36.0 Å². The van der Waals surface area contributed by atoms with Crippen molar-refractivity contribution >= 4 is 44.7 Å². The highest BCUT2D eigenvalue weighted by atomic mass is 79.9. The highest BCUT2D eigenvalue weighted by Crippen LogP contribution is 2.33. The molecule has 1 aliphatic heterocycles. The first-order valence-electron chi connectivity index (χ1n) is 10.6. The Morgan fingerprint density at radius 1 is 1.23 bits per heavy atom. The molecule has 3 N–H and O–H groups in total. The number of amides is 4. The first-order valence-corrected chi connectivity index (χ1v) is 11.5. The third-order valence-electron chi connectivity index (χ3n) is 6.10. The minimum atomic E-state index is -0.325. The van der Waals surface area contributed by atoms with Gasteiger partial charge in [-0.15, -0.1) is 0 Å². The molecule has 0 spiro atoms. The fourth-order valence-electron chi connectivity index (χ4n) is 4.47. The molecule has 1 aromatic heterocycles. The summed E-state index contributed by atoms with van der Waals surface area (Å²) < 4.78 is 0. The number of alkyl halides is 1. The number of hydrogen-bond acceptors (Lipinski definition) is 3.